The molecule has 0 aliphatic rings. The van der Waals surface area contributed by atoms with Crippen LogP contribution in [0.3, 0.4) is 0 Å². The highest BCUT2D eigenvalue weighted by atomic mass is 16.3. The fraction of sp³-hybridized carbons (Fsp3) is 0. The fourth-order valence-electron chi connectivity index (χ4n) is 9.13. The number of fused-ring (bicyclic) bond motifs is 12. The van der Waals surface area contributed by atoms with Crippen molar-refractivity contribution in [2.45, 2.75) is 0 Å². The van der Waals surface area contributed by atoms with Crippen molar-refractivity contribution in [3.05, 3.63) is 176 Å². The van der Waals surface area contributed by atoms with E-state index >= 15 is 0 Å². The Bertz CT molecular complexity index is 3740. The molecule has 6 nitrogen and oxygen atoms in total. The molecule has 0 radical (unpaired) electrons. The first-order valence-corrected chi connectivity index (χ1v) is 19.7. The monoisotopic (exact) mass is 755 g/mol. The standard InChI is InChI=1S/C53H29N3O3/c1-2-12-35-34(11-1)32(30-23-25-33-31(29-30)24-28-47-48(33)37-13-3-6-18-42(37)59-47)26-27-36(35)51-54-52(40-16-9-21-45-49(40)38-14-4-7-19-43(38)57-45)56-53(55-51)41-17-10-22-46-50(41)39-15-5-8-20-44(39)58-46/h1-29H. The van der Waals surface area contributed by atoms with E-state index in [4.69, 9.17) is 28.2 Å². The number of para-hydroxylation sites is 3. The first kappa shape index (κ1) is 32.0. The van der Waals surface area contributed by atoms with E-state index in [1.54, 1.807) is 0 Å². The Labute approximate surface area is 335 Å². The molecule has 4 aromatic heterocycles. The average Bonchev–Trinajstić information content (AvgIpc) is 4.00. The SMILES string of the molecule is c1ccc2c(c1)oc1cccc(-c3nc(-c4ccc(-c5ccc6c(ccc7oc8ccccc8c76)c5)c5ccccc45)nc(-c4cccc5oc6ccccc6c45)n3)c12. The number of rotatable bonds is 4. The van der Waals surface area contributed by atoms with Gasteiger partial charge in [-0.3, -0.25) is 0 Å². The van der Waals surface area contributed by atoms with Crippen LogP contribution in [0.1, 0.15) is 0 Å². The zero-order valence-electron chi connectivity index (χ0n) is 31.3. The third-order valence-electron chi connectivity index (χ3n) is 11.8. The minimum Gasteiger partial charge on any atom is -0.456 e. The van der Waals surface area contributed by atoms with Crippen molar-refractivity contribution in [2.24, 2.45) is 0 Å². The lowest BCUT2D eigenvalue weighted by Crippen LogP contribution is -2.01. The maximum absolute atomic E-state index is 6.33. The number of hydrogen-bond acceptors (Lipinski definition) is 6. The Kier molecular flexibility index (Phi) is 6.63. The zero-order valence-corrected chi connectivity index (χ0v) is 31.3. The van der Waals surface area contributed by atoms with E-state index in [9.17, 15) is 0 Å². The van der Waals surface area contributed by atoms with Crippen molar-refractivity contribution in [3.63, 3.8) is 0 Å². The number of nitrogens with zero attached hydrogens (tertiary/aromatic N) is 3. The van der Waals surface area contributed by atoms with Crippen molar-refractivity contribution in [1.82, 2.24) is 15.0 Å². The zero-order chi connectivity index (χ0) is 38.6. The lowest BCUT2D eigenvalue weighted by Gasteiger charge is -2.14. The Balaban J connectivity index is 1.04. The van der Waals surface area contributed by atoms with Crippen LogP contribution < -0.4 is 0 Å². The van der Waals surface area contributed by atoms with Gasteiger partial charge < -0.3 is 13.3 Å². The van der Waals surface area contributed by atoms with Crippen LogP contribution >= 0.6 is 0 Å². The highest BCUT2D eigenvalue weighted by molar-refractivity contribution is 6.20. The van der Waals surface area contributed by atoms with Gasteiger partial charge in [0.1, 0.15) is 33.5 Å². The van der Waals surface area contributed by atoms with Crippen LogP contribution in [-0.4, -0.2) is 15.0 Å². The van der Waals surface area contributed by atoms with Gasteiger partial charge in [0.2, 0.25) is 0 Å². The Morgan fingerprint density at radius 1 is 0.271 bits per heavy atom. The molecule has 0 aliphatic heterocycles. The van der Waals surface area contributed by atoms with E-state index in [0.29, 0.717) is 17.5 Å². The molecule has 6 heteroatoms. The van der Waals surface area contributed by atoms with Gasteiger partial charge in [-0.1, -0.05) is 127 Å². The molecular weight excluding hydrogens is 727 g/mol. The molecule has 9 aromatic carbocycles. The molecule has 0 aliphatic carbocycles. The highest BCUT2D eigenvalue weighted by Crippen LogP contribution is 2.42. The molecule has 0 fully saturated rings. The molecule has 0 unspecified atom stereocenters. The number of hydrogen-bond donors (Lipinski definition) is 0. The first-order chi connectivity index (χ1) is 29.2. The van der Waals surface area contributed by atoms with Gasteiger partial charge in [-0.15, -0.1) is 0 Å². The van der Waals surface area contributed by atoms with Crippen LogP contribution in [0, 0.1) is 0 Å². The second-order valence-electron chi connectivity index (χ2n) is 15.0. The van der Waals surface area contributed by atoms with Crippen molar-refractivity contribution in [1.29, 1.82) is 0 Å². The summed E-state index contributed by atoms with van der Waals surface area (Å²) in [5.41, 5.74) is 9.90. The summed E-state index contributed by atoms with van der Waals surface area (Å²) < 4.78 is 18.9. The molecule has 0 saturated heterocycles. The van der Waals surface area contributed by atoms with Gasteiger partial charge in [0.25, 0.3) is 0 Å². The smallest absolute Gasteiger partial charge is 0.164 e. The summed E-state index contributed by atoms with van der Waals surface area (Å²) >= 11 is 0. The van der Waals surface area contributed by atoms with Crippen LogP contribution in [0.2, 0.25) is 0 Å². The predicted octanol–water partition coefficient (Wildman–Crippen LogP) is 14.5. The molecule has 4 heterocycles. The van der Waals surface area contributed by atoms with Gasteiger partial charge in [0, 0.05) is 49.0 Å². The van der Waals surface area contributed by atoms with Crippen LogP contribution in [0.25, 0.3) is 133 Å². The summed E-state index contributed by atoms with van der Waals surface area (Å²) in [6, 6.07) is 60.4. The first-order valence-electron chi connectivity index (χ1n) is 19.7. The van der Waals surface area contributed by atoms with E-state index in [0.717, 1.165) is 110 Å². The molecule has 0 atom stereocenters. The molecule has 0 N–H and O–H groups in total. The van der Waals surface area contributed by atoms with Crippen LogP contribution in [-0.2, 0) is 0 Å². The molecule has 13 aromatic rings. The maximum atomic E-state index is 6.33. The fourth-order valence-corrected chi connectivity index (χ4v) is 9.13. The van der Waals surface area contributed by atoms with Gasteiger partial charge in [-0.25, -0.2) is 15.0 Å². The normalized spacial score (nSPS) is 12.1. The van der Waals surface area contributed by atoms with Gasteiger partial charge >= 0.3 is 0 Å². The molecule has 0 spiro atoms. The lowest BCUT2D eigenvalue weighted by molar-refractivity contribution is 0.668. The van der Waals surface area contributed by atoms with Crippen molar-refractivity contribution in [2.75, 3.05) is 0 Å². The molecular formula is C53H29N3O3. The van der Waals surface area contributed by atoms with E-state index in [1.165, 1.54) is 5.39 Å². The number of benzene rings is 9. The minimum absolute atomic E-state index is 0.563. The Morgan fingerprint density at radius 2 is 0.712 bits per heavy atom. The van der Waals surface area contributed by atoms with Gasteiger partial charge in [0.05, 0.1) is 0 Å². The summed E-state index contributed by atoms with van der Waals surface area (Å²) in [6.45, 7) is 0. The molecule has 0 amide bonds. The third kappa shape index (κ3) is 4.77. The van der Waals surface area contributed by atoms with Crippen molar-refractivity contribution in [3.8, 4) is 45.3 Å². The largest absolute Gasteiger partial charge is 0.456 e. The summed E-state index contributed by atoms with van der Waals surface area (Å²) in [6.07, 6.45) is 0. The number of aromatic nitrogens is 3. The molecule has 13 rings (SSSR count). The topological polar surface area (TPSA) is 78.1 Å². The van der Waals surface area contributed by atoms with E-state index in [1.807, 2.05) is 72.8 Å². The summed E-state index contributed by atoms with van der Waals surface area (Å²) in [5.74, 6) is 1.70. The minimum atomic E-state index is 0.563. The number of furan rings is 3. The highest BCUT2D eigenvalue weighted by Gasteiger charge is 2.22. The van der Waals surface area contributed by atoms with Gasteiger partial charge in [0.15, 0.2) is 17.5 Å². The van der Waals surface area contributed by atoms with E-state index in [-0.39, 0.29) is 0 Å². The van der Waals surface area contributed by atoms with Gasteiger partial charge in [-0.05, 0) is 81.2 Å². The molecule has 0 bridgehead atoms. The predicted molar refractivity (Wildman–Crippen MR) is 238 cm³/mol. The third-order valence-corrected chi connectivity index (χ3v) is 11.8. The van der Waals surface area contributed by atoms with Crippen LogP contribution in [0.5, 0.6) is 0 Å². The summed E-state index contributed by atoms with van der Waals surface area (Å²) in [5, 5.41) is 10.7. The second kappa shape index (κ2) is 12.2. The Morgan fingerprint density at radius 3 is 1.29 bits per heavy atom. The summed E-state index contributed by atoms with van der Waals surface area (Å²) in [4.78, 5) is 15.9. The average molecular weight is 756 g/mol. The lowest BCUT2D eigenvalue weighted by atomic mass is 9.92. The second-order valence-corrected chi connectivity index (χ2v) is 15.0. The maximum Gasteiger partial charge on any atom is 0.164 e. The van der Waals surface area contributed by atoms with Crippen molar-refractivity contribution >= 4 is 87.4 Å². The summed E-state index contributed by atoms with van der Waals surface area (Å²) in [7, 11) is 0. The van der Waals surface area contributed by atoms with Crippen LogP contribution in [0.15, 0.2) is 189 Å². The van der Waals surface area contributed by atoms with Crippen molar-refractivity contribution < 1.29 is 13.3 Å². The quantitative estimate of drug-likeness (QED) is 0.178. The van der Waals surface area contributed by atoms with Gasteiger partial charge in [-0.2, -0.15) is 0 Å². The molecule has 0 saturated carbocycles. The van der Waals surface area contributed by atoms with Crippen LogP contribution in [0.4, 0.5) is 0 Å². The molecule has 274 valence electrons. The Hall–Kier alpha value is -8.09. The van der Waals surface area contributed by atoms with E-state index in [2.05, 4.69) is 103 Å². The van der Waals surface area contributed by atoms with E-state index < -0.39 is 0 Å². The molecule has 59 heavy (non-hydrogen) atoms.